The van der Waals surface area contributed by atoms with Crippen LogP contribution in [0.1, 0.15) is 12.5 Å². The first-order chi connectivity index (χ1) is 13.7. The Morgan fingerprint density at radius 1 is 1.10 bits per heavy atom. The number of hydrogen-bond donors (Lipinski definition) is 1. The van der Waals surface area contributed by atoms with Crippen molar-refractivity contribution in [1.82, 2.24) is 4.90 Å². The second kappa shape index (κ2) is 8.59. The Morgan fingerprint density at radius 3 is 2.38 bits per heavy atom. The number of amides is 1. The second-order valence-electron chi connectivity index (χ2n) is 6.83. The molecule has 2 aromatic carbocycles. The third kappa shape index (κ3) is 5.00. The number of nitrogens with one attached hydrogen (secondary N) is 1. The molecule has 1 unspecified atom stereocenters. The normalized spacial score (nSPS) is 16.6. The van der Waals surface area contributed by atoms with Crippen LogP contribution in [0.3, 0.4) is 0 Å². The van der Waals surface area contributed by atoms with E-state index in [1.54, 1.807) is 25.1 Å². The third-order valence-electron chi connectivity index (χ3n) is 4.98. The molecule has 29 heavy (non-hydrogen) atoms. The molecular formula is C20H20ClF4N3O. The Bertz CT molecular complexity index is 882. The largest absolute Gasteiger partial charge is 0.418 e. The lowest BCUT2D eigenvalue weighted by molar-refractivity contribution is -0.137. The molecule has 1 heterocycles. The molecule has 0 saturated carbocycles. The van der Waals surface area contributed by atoms with Crippen LogP contribution in [0.25, 0.3) is 0 Å². The van der Waals surface area contributed by atoms with E-state index in [0.29, 0.717) is 31.9 Å². The molecule has 2 aromatic rings. The highest BCUT2D eigenvalue weighted by molar-refractivity contribution is 6.30. The number of nitrogens with zero attached hydrogens (tertiary/aromatic N) is 2. The monoisotopic (exact) mass is 429 g/mol. The van der Waals surface area contributed by atoms with Crippen LogP contribution >= 0.6 is 11.6 Å². The van der Waals surface area contributed by atoms with Crippen molar-refractivity contribution in [1.29, 1.82) is 0 Å². The van der Waals surface area contributed by atoms with Crippen LogP contribution in [0.5, 0.6) is 0 Å². The van der Waals surface area contributed by atoms with Crippen LogP contribution in [0.2, 0.25) is 5.02 Å². The van der Waals surface area contributed by atoms with Gasteiger partial charge in [-0.15, -0.1) is 0 Å². The lowest BCUT2D eigenvalue weighted by atomic mass is 10.1. The van der Waals surface area contributed by atoms with E-state index in [-0.39, 0.29) is 16.5 Å². The Labute approximate surface area is 171 Å². The van der Waals surface area contributed by atoms with Gasteiger partial charge in [0.1, 0.15) is 5.82 Å². The summed E-state index contributed by atoms with van der Waals surface area (Å²) in [6, 6.07) is 9.04. The van der Waals surface area contributed by atoms with Gasteiger partial charge in [0.15, 0.2) is 0 Å². The maximum Gasteiger partial charge on any atom is 0.418 e. The average molecular weight is 430 g/mol. The first kappa shape index (κ1) is 21.4. The van der Waals surface area contributed by atoms with Crippen molar-refractivity contribution in [3.63, 3.8) is 0 Å². The van der Waals surface area contributed by atoms with Crippen LogP contribution in [0, 0.1) is 5.82 Å². The van der Waals surface area contributed by atoms with E-state index in [4.69, 9.17) is 11.6 Å². The molecule has 3 rings (SSSR count). The topological polar surface area (TPSA) is 35.6 Å². The predicted molar refractivity (Wildman–Crippen MR) is 105 cm³/mol. The van der Waals surface area contributed by atoms with Gasteiger partial charge in [0, 0.05) is 31.2 Å². The highest BCUT2D eigenvalue weighted by Gasteiger charge is 2.35. The molecule has 1 saturated heterocycles. The number of rotatable bonds is 4. The van der Waals surface area contributed by atoms with Gasteiger partial charge in [-0.05, 0) is 37.3 Å². The highest BCUT2D eigenvalue weighted by atomic mass is 35.5. The lowest BCUT2D eigenvalue weighted by Crippen LogP contribution is -2.53. The molecule has 0 radical (unpaired) electrons. The lowest BCUT2D eigenvalue weighted by Gasteiger charge is -2.38. The summed E-state index contributed by atoms with van der Waals surface area (Å²) in [5.74, 6) is -0.855. The number of para-hydroxylation sites is 1. The number of carbonyl (C=O) groups excluding carboxylic acids is 1. The fourth-order valence-electron chi connectivity index (χ4n) is 3.32. The van der Waals surface area contributed by atoms with E-state index in [1.807, 2.05) is 9.80 Å². The number of piperazine rings is 1. The highest BCUT2D eigenvalue weighted by Crippen LogP contribution is 2.36. The van der Waals surface area contributed by atoms with Crippen molar-refractivity contribution in [2.75, 3.05) is 36.4 Å². The van der Waals surface area contributed by atoms with E-state index < -0.39 is 23.7 Å². The fourth-order valence-corrected chi connectivity index (χ4v) is 3.49. The molecule has 1 aliphatic heterocycles. The molecule has 1 fully saturated rings. The summed E-state index contributed by atoms with van der Waals surface area (Å²) in [4.78, 5) is 16.3. The summed E-state index contributed by atoms with van der Waals surface area (Å²) >= 11 is 5.67. The zero-order valence-electron chi connectivity index (χ0n) is 15.6. The number of alkyl halides is 3. The molecule has 0 spiro atoms. The SMILES string of the molecule is CC(C(=O)Nc1ccc(Cl)cc1C(F)(F)F)N1CCN(c2ccccc2F)CC1. The quantitative estimate of drug-likeness (QED) is 0.719. The fraction of sp³-hybridized carbons (Fsp3) is 0.350. The molecule has 0 aliphatic carbocycles. The summed E-state index contributed by atoms with van der Waals surface area (Å²) in [6.45, 7) is 3.61. The number of anilines is 2. The molecule has 156 valence electrons. The third-order valence-corrected chi connectivity index (χ3v) is 5.21. The summed E-state index contributed by atoms with van der Waals surface area (Å²) in [7, 11) is 0. The Hall–Kier alpha value is -2.32. The van der Waals surface area contributed by atoms with Gasteiger partial charge in [-0.3, -0.25) is 9.69 Å². The molecule has 0 aromatic heterocycles. The van der Waals surface area contributed by atoms with E-state index in [2.05, 4.69) is 5.32 Å². The van der Waals surface area contributed by atoms with E-state index in [9.17, 15) is 22.4 Å². The average Bonchev–Trinajstić information content (AvgIpc) is 2.68. The maximum atomic E-state index is 13.9. The van der Waals surface area contributed by atoms with Gasteiger partial charge in [-0.25, -0.2) is 4.39 Å². The summed E-state index contributed by atoms with van der Waals surface area (Å²) in [5, 5.41) is 2.30. The van der Waals surface area contributed by atoms with Crippen LogP contribution in [-0.4, -0.2) is 43.0 Å². The van der Waals surface area contributed by atoms with Crippen LogP contribution < -0.4 is 10.2 Å². The van der Waals surface area contributed by atoms with Crippen LogP contribution in [0.15, 0.2) is 42.5 Å². The molecule has 1 amide bonds. The first-order valence-electron chi connectivity index (χ1n) is 9.08. The van der Waals surface area contributed by atoms with Crippen LogP contribution in [-0.2, 0) is 11.0 Å². The Balaban J connectivity index is 1.64. The molecule has 1 atom stereocenters. The van der Waals surface area contributed by atoms with Crippen molar-refractivity contribution < 1.29 is 22.4 Å². The van der Waals surface area contributed by atoms with Crippen LogP contribution in [0.4, 0.5) is 28.9 Å². The van der Waals surface area contributed by atoms with Gasteiger partial charge in [-0.2, -0.15) is 13.2 Å². The zero-order valence-corrected chi connectivity index (χ0v) is 16.4. The number of halogens is 5. The molecule has 1 N–H and O–H groups in total. The zero-order chi connectivity index (χ0) is 21.2. The van der Waals surface area contributed by atoms with Crippen molar-refractivity contribution in [3.05, 3.63) is 58.9 Å². The standard InChI is InChI=1S/C20H20ClF4N3O/c1-13(19(29)26-17-7-6-14(21)12-15(17)20(23,24)25)27-8-10-28(11-9-27)18-5-3-2-4-16(18)22/h2-7,12-13H,8-11H2,1H3,(H,26,29). The predicted octanol–water partition coefficient (Wildman–Crippen LogP) is 4.65. The minimum atomic E-state index is -4.64. The first-order valence-corrected chi connectivity index (χ1v) is 9.46. The van der Waals surface area contributed by atoms with Gasteiger partial charge in [0.05, 0.1) is 23.0 Å². The Morgan fingerprint density at radius 2 is 1.76 bits per heavy atom. The smallest absolute Gasteiger partial charge is 0.367 e. The van der Waals surface area contributed by atoms with Crippen molar-refractivity contribution in [2.24, 2.45) is 0 Å². The van der Waals surface area contributed by atoms with E-state index in [1.165, 1.54) is 12.1 Å². The van der Waals surface area contributed by atoms with E-state index >= 15 is 0 Å². The van der Waals surface area contributed by atoms with Crippen molar-refractivity contribution in [2.45, 2.75) is 19.1 Å². The summed E-state index contributed by atoms with van der Waals surface area (Å²) in [5.41, 5.74) is -0.820. The maximum absolute atomic E-state index is 13.9. The van der Waals surface area contributed by atoms with Gasteiger partial charge < -0.3 is 10.2 Å². The molecule has 4 nitrogen and oxygen atoms in total. The van der Waals surface area contributed by atoms with Gasteiger partial charge in [0.2, 0.25) is 5.91 Å². The summed E-state index contributed by atoms with van der Waals surface area (Å²) in [6.07, 6.45) is -4.64. The van der Waals surface area contributed by atoms with Gasteiger partial charge in [-0.1, -0.05) is 23.7 Å². The number of benzene rings is 2. The van der Waals surface area contributed by atoms with Crippen molar-refractivity contribution >= 4 is 28.9 Å². The van der Waals surface area contributed by atoms with Gasteiger partial charge in [0.25, 0.3) is 0 Å². The van der Waals surface area contributed by atoms with E-state index in [0.717, 1.165) is 12.1 Å². The number of carbonyl (C=O) groups is 1. The molecule has 0 bridgehead atoms. The minimum absolute atomic E-state index is 0.0624. The minimum Gasteiger partial charge on any atom is -0.367 e. The summed E-state index contributed by atoms with van der Waals surface area (Å²) < 4.78 is 53.6. The molecule has 9 heteroatoms. The molecular weight excluding hydrogens is 410 g/mol. The second-order valence-corrected chi connectivity index (χ2v) is 7.26. The van der Waals surface area contributed by atoms with Crippen molar-refractivity contribution in [3.8, 4) is 0 Å². The molecule has 1 aliphatic rings. The van der Waals surface area contributed by atoms with Gasteiger partial charge >= 0.3 is 6.18 Å². The Kier molecular flexibility index (Phi) is 6.33. The number of hydrogen-bond acceptors (Lipinski definition) is 3.